The van der Waals surface area contributed by atoms with Crippen molar-refractivity contribution in [1.82, 2.24) is 14.9 Å². The smallest absolute Gasteiger partial charge is 0.410 e. The lowest BCUT2D eigenvalue weighted by Gasteiger charge is -2.31. The van der Waals surface area contributed by atoms with Gasteiger partial charge in [0.15, 0.2) is 0 Å². The predicted molar refractivity (Wildman–Crippen MR) is 104 cm³/mol. The van der Waals surface area contributed by atoms with Crippen LogP contribution in [0.4, 0.5) is 4.79 Å². The number of hydrogen-bond acceptors (Lipinski definition) is 5. The van der Waals surface area contributed by atoms with E-state index in [1.165, 1.54) is 5.57 Å². The minimum Gasteiger partial charge on any atom is -0.444 e. The van der Waals surface area contributed by atoms with Crippen LogP contribution in [-0.4, -0.2) is 39.7 Å². The molecule has 6 nitrogen and oxygen atoms in total. The number of hydrogen-bond donors (Lipinski definition) is 0. The Hall–Kier alpha value is -2.89. The largest absolute Gasteiger partial charge is 0.444 e. The number of carbonyl (C=O) groups is 1. The topological polar surface area (TPSA) is 64.5 Å². The maximum atomic E-state index is 12.2. The number of carbonyl (C=O) groups excluding carboxylic acids is 1. The van der Waals surface area contributed by atoms with E-state index in [1.54, 1.807) is 23.4 Å². The minimum absolute atomic E-state index is 0.236. The summed E-state index contributed by atoms with van der Waals surface area (Å²) in [6.07, 6.45) is 6.89. The molecule has 0 bridgehead atoms. The summed E-state index contributed by atoms with van der Waals surface area (Å²) in [5, 5.41) is 0. The van der Waals surface area contributed by atoms with Crippen LogP contribution in [0, 0.1) is 0 Å². The van der Waals surface area contributed by atoms with E-state index in [1.807, 2.05) is 45.0 Å². The standard InChI is InChI=1S/C21H25N3O3/c1-21(2,3)27-20(25)24-12-8-16(9-13-24)14-17-6-4-7-18(15-17)26-19-22-10-5-11-23-19/h4-7,10-11,14-15H,8-9,12-13H2,1-3H3. The molecule has 2 heterocycles. The van der Waals surface area contributed by atoms with Gasteiger partial charge in [-0.15, -0.1) is 0 Å². The Bertz CT molecular complexity index is 803. The molecule has 1 aromatic heterocycles. The zero-order valence-electron chi connectivity index (χ0n) is 16.0. The van der Waals surface area contributed by atoms with Crippen molar-refractivity contribution in [2.24, 2.45) is 0 Å². The highest BCUT2D eigenvalue weighted by Crippen LogP contribution is 2.24. The highest BCUT2D eigenvalue weighted by atomic mass is 16.6. The summed E-state index contributed by atoms with van der Waals surface area (Å²) in [5.74, 6) is 0.696. The third kappa shape index (κ3) is 5.81. The Balaban J connectivity index is 1.60. The lowest BCUT2D eigenvalue weighted by atomic mass is 10.0. The average molecular weight is 367 g/mol. The molecule has 1 aliphatic heterocycles. The monoisotopic (exact) mass is 367 g/mol. The van der Waals surface area contributed by atoms with Crippen molar-refractivity contribution in [2.45, 2.75) is 39.2 Å². The van der Waals surface area contributed by atoms with Gasteiger partial charge in [0.05, 0.1) is 0 Å². The van der Waals surface area contributed by atoms with Gasteiger partial charge in [0.1, 0.15) is 11.4 Å². The molecular formula is C21H25N3O3. The Labute approximate surface area is 159 Å². The first-order valence-electron chi connectivity index (χ1n) is 9.11. The van der Waals surface area contributed by atoms with Crippen LogP contribution in [0.25, 0.3) is 6.08 Å². The number of aromatic nitrogens is 2. The second-order valence-electron chi connectivity index (χ2n) is 7.48. The quantitative estimate of drug-likeness (QED) is 0.788. The van der Waals surface area contributed by atoms with E-state index in [9.17, 15) is 4.79 Å². The third-order valence-electron chi connectivity index (χ3n) is 4.04. The number of amides is 1. The number of nitrogens with zero attached hydrogens (tertiary/aromatic N) is 3. The molecule has 6 heteroatoms. The lowest BCUT2D eigenvalue weighted by molar-refractivity contribution is 0.0237. The zero-order chi connectivity index (χ0) is 19.3. The number of rotatable bonds is 3. The van der Waals surface area contributed by atoms with Crippen LogP contribution >= 0.6 is 0 Å². The Morgan fingerprint density at radius 2 is 1.81 bits per heavy atom. The molecule has 1 fully saturated rings. The molecule has 0 saturated carbocycles. The number of piperidine rings is 1. The minimum atomic E-state index is -0.462. The molecule has 1 aromatic carbocycles. The van der Waals surface area contributed by atoms with Crippen LogP contribution in [0.1, 0.15) is 39.2 Å². The summed E-state index contributed by atoms with van der Waals surface area (Å²) in [4.78, 5) is 22.1. The molecule has 1 aliphatic rings. The molecule has 3 rings (SSSR count). The van der Waals surface area contributed by atoms with E-state index in [4.69, 9.17) is 9.47 Å². The van der Waals surface area contributed by atoms with Crippen molar-refractivity contribution in [1.29, 1.82) is 0 Å². The van der Waals surface area contributed by atoms with Crippen LogP contribution < -0.4 is 4.74 Å². The van der Waals surface area contributed by atoms with Crippen LogP contribution in [-0.2, 0) is 4.74 Å². The van der Waals surface area contributed by atoms with Gasteiger partial charge < -0.3 is 14.4 Å². The van der Waals surface area contributed by atoms with Gasteiger partial charge in [-0.25, -0.2) is 14.8 Å². The Kier molecular flexibility index (Phi) is 5.74. The SMILES string of the molecule is CC(C)(C)OC(=O)N1CCC(=Cc2cccc(Oc3ncccn3)c2)CC1. The van der Waals surface area contributed by atoms with Gasteiger partial charge in [-0.2, -0.15) is 0 Å². The van der Waals surface area contributed by atoms with Crippen molar-refractivity contribution < 1.29 is 14.3 Å². The summed E-state index contributed by atoms with van der Waals surface area (Å²) < 4.78 is 11.1. The molecule has 0 unspecified atom stereocenters. The highest BCUT2D eigenvalue weighted by Gasteiger charge is 2.24. The van der Waals surface area contributed by atoms with Gasteiger partial charge in [-0.05, 0) is 57.4 Å². The van der Waals surface area contributed by atoms with Crippen molar-refractivity contribution in [3.05, 3.63) is 53.9 Å². The Morgan fingerprint density at radius 3 is 2.48 bits per heavy atom. The molecule has 1 saturated heterocycles. The van der Waals surface area contributed by atoms with Crippen molar-refractivity contribution in [2.75, 3.05) is 13.1 Å². The van der Waals surface area contributed by atoms with E-state index in [-0.39, 0.29) is 6.09 Å². The van der Waals surface area contributed by atoms with E-state index < -0.39 is 5.60 Å². The van der Waals surface area contributed by atoms with Crippen LogP contribution in [0.5, 0.6) is 11.8 Å². The van der Waals surface area contributed by atoms with Gasteiger partial charge in [0.2, 0.25) is 0 Å². The maximum absolute atomic E-state index is 12.2. The molecule has 0 aliphatic carbocycles. The normalized spacial score (nSPS) is 14.6. The first-order chi connectivity index (χ1) is 12.9. The molecule has 1 amide bonds. The van der Waals surface area contributed by atoms with Gasteiger partial charge in [-0.1, -0.05) is 23.8 Å². The first kappa shape index (κ1) is 18.9. The second kappa shape index (κ2) is 8.20. The van der Waals surface area contributed by atoms with Crippen molar-refractivity contribution in [3.8, 4) is 11.8 Å². The van der Waals surface area contributed by atoms with Gasteiger partial charge in [0, 0.05) is 25.5 Å². The fourth-order valence-electron chi connectivity index (χ4n) is 2.79. The van der Waals surface area contributed by atoms with Gasteiger partial charge >= 0.3 is 12.1 Å². The fraction of sp³-hybridized carbons (Fsp3) is 0.381. The van der Waals surface area contributed by atoms with E-state index in [0.717, 1.165) is 18.4 Å². The van der Waals surface area contributed by atoms with Gasteiger partial charge in [0.25, 0.3) is 0 Å². The molecule has 0 atom stereocenters. The van der Waals surface area contributed by atoms with Crippen LogP contribution in [0.2, 0.25) is 0 Å². The first-order valence-corrected chi connectivity index (χ1v) is 9.11. The molecule has 0 spiro atoms. The van der Waals surface area contributed by atoms with Gasteiger partial charge in [-0.3, -0.25) is 0 Å². The number of benzene rings is 1. The molecule has 0 radical (unpaired) electrons. The van der Waals surface area contributed by atoms with E-state index in [0.29, 0.717) is 24.8 Å². The predicted octanol–water partition coefficient (Wildman–Crippen LogP) is 4.68. The summed E-state index contributed by atoms with van der Waals surface area (Å²) in [6, 6.07) is 9.89. The summed E-state index contributed by atoms with van der Waals surface area (Å²) >= 11 is 0. The summed E-state index contributed by atoms with van der Waals surface area (Å²) in [6.45, 7) is 7.00. The molecule has 2 aromatic rings. The van der Waals surface area contributed by atoms with Crippen molar-refractivity contribution >= 4 is 12.2 Å². The molecule has 0 N–H and O–H groups in total. The van der Waals surface area contributed by atoms with Crippen LogP contribution in [0.15, 0.2) is 48.3 Å². The lowest BCUT2D eigenvalue weighted by Crippen LogP contribution is -2.40. The molecule has 142 valence electrons. The van der Waals surface area contributed by atoms with Crippen LogP contribution in [0.3, 0.4) is 0 Å². The highest BCUT2D eigenvalue weighted by molar-refractivity contribution is 5.68. The third-order valence-corrected chi connectivity index (χ3v) is 4.04. The summed E-state index contributed by atoms with van der Waals surface area (Å²) in [5.41, 5.74) is 1.91. The summed E-state index contributed by atoms with van der Waals surface area (Å²) in [7, 11) is 0. The molecule has 27 heavy (non-hydrogen) atoms. The van der Waals surface area contributed by atoms with E-state index >= 15 is 0 Å². The van der Waals surface area contributed by atoms with E-state index in [2.05, 4.69) is 16.0 Å². The second-order valence-corrected chi connectivity index (χ2v) is 7.48. The maximum Gasteiger partial charge on any atom is 0.410 e. The number of ether oxygens (including phenoxy) is 2. The fourth-order valence-corrected chi connectivity index (χ4v) is 2.79. The average Bonchev–Trinajstić information content (AvgIpc) is 2.62. The Morgan fingerprint density at radius 1 is 1.11 bits per heavy atom. The number of likely N-dealkylation sites (tertiary alicyclic amines) is 1. The molecular weight excluding hydrogens is 342 g/mol. The van der Waals surface area contributed by atoms with Crippen molar-refractivity contribution in [3.63, 3.8) is 0 Å². The zero-order valence-corrected chi connectivity index (χ0v) is 16.0.